The van der Waals surface area contributed by atoms with Crippen LogP contribution in [0.3, 0.4) is 0 Å². The van der Waals surface area contributed by atoms with Gasteiger partial charge in [-0.3, -0.25) is 4.79 Å². The van der Waals surface area contributed by atoms with Gasteiger partial charge in [-0.25, -0.2) is 4.79 Å². The molecule has 1 atom stereocenters. The molecule has 21 heavy (non-hydrogen) atoms. The molecular formula is C15H20N2O3S. The molecule has 0 radical (unpaired) electrons. The van der Waals surface area contributed by atoms with E-state index >= 15 is 0 Å². The number of carbonyl (C=O) groups excluding carboxylic acids is 1. The molecule has 0 bridgehead atoms. The Balaban J connectivity index is 2.06. The summed E-state index contributed by atoms with van der Waals surface area (Å²) in [5.41, 5.74) is 2.70. The number of aryl methyl sites for hydroxylation is 1. The second-order valence-electron chi connectivity index (χ2n) is 5.05. The van der Waals surface area contributed by atoms with Crippen LogP contribution in [0.15, 0.2) is 18.2 Å². The minimum Gasteiger partial charge on any atom is -0.480 e. The Labute approximate surface area is 128 Å². The van der Waals surface area contributed by atoms with Crippen molar-refractivity contribution in [2.24, 2.45) is 0 Å². The molecule has 2 rings (SSSR count). The Morgan fingerprint density at radius 2 is 2.29 bits per heavy atom. The van der Waals surface area contributed by atoms with Crippen molar-refractivity contribution < 1.29 is 14.7 Å². The molecule has 0 saturated heterocycles. The number of benzene rings is 1. The lowest BCUT2D eigenvalue weighted by atomic mass is 10.0. The summed E-state index contributed by atoms with van der Waals surface area (Å²) in [6.07, 6.45) is 4.33. The third-order valence-electron chi connectivity index (χ3n) is 3.52. The number of thioether (sulfide) groups is 1. The number of carboxylic acids is 1. The predicted octanol–water partition coefficient (Wildman–Crippen LogP) is 1.98. The molecule has 0 aliphatic carbocycles. The Hall–Kier alpha value is -1.69. The summed E-state index contributed by atoms with van der Waals surface area (Å²) in [4.78, 5) is 23.4. The maximum absolute atomic E-state index is 12.2. The van der Waals surface area contributed by atoms with E-state index in [9.17, 15) is 9.59 Å². The first-order chi connectivity index (χ1) is 10.1. The minimum atomic E-state index is -0.989. The van der Waals surface area contributed by atoms with Crippen LogP contribution in [-0.2, 0) is 11.2 Å². The fourth-order valence-electron chi connectivity index (χ4n) is 2.35. The molecule has 1 aliphatic rings. The highest BCUT2D eigenvalue weighted by Gasteiger charge is 2.21. The van der Waals surface area contributed by atoms with Gasteiger partial charge in [-0.1, -0.05) is 0 Å². The predicted molar refractivity (Wildman–Crippen MR) is 85.1 cm³/mol. The maximum Gasteiger partial charge on any atom is 0.326 e. The van der Waals surface area contributed by atoms with Crippen molar-refractivity contribution in [2.75, 3.05) is 23.9 Å². The number of nitrogens with one attached hydrogen (secondary N) is 2. The van der Waals surface area contributed by atoms with E-state index in [1.54, 1.807) is 17.8 Å². The molecule has 0 aromatic heterocycles. The van der Waals surface area contributed by atoms with E-state index in [0.29, 0.717) is 17.7 Å². The van der Waals surface area contributed by atoms with E-state index in [2.05, 4.69) is 10.6 Å². The number of hydrogen-bond donors (Lipinski definition) is 3. The number of rotatable bonds is 6. The molecule has 0 fully saturated rings. The molecule has 3 N–H and O–H groups in total. The van der Waals surface area contributed by atoms with Gasteiger partial charge in [0.15, 0.2) is 0 Å². The summed E-state index contributed by atoms with van der Waals surface area (Å²) < 4.78 is 0. The SMILES string of the molecule is CSCCC(NC(=O)c1ccc2c(c1)CCCN2)C(=O)O. The van der Waals surface area contributed by atoms with Crippen molar-refractivity contribution in [1.82, 2.24) is 5.32 Å². The lowest BCUT2D eigenvalue weighted by molar-refractivity contribution is -0.139. The fraction of sp³-hybridized carbons (Fsp3) is 0.467. The van der Waals surface area contributed by atoms with Crippen LogP contribution >= 0.6 is 11.8 Å². The lowest BCUT2D eigenvalue weighted by Gasteiger charge is -2.19. The summed E-state index contributed by atoms with van der Waals surface area (Å²) in [6, 6.07) is 4.64. The third-order valence-corrected chi connectivity index (χ3v) is 4.16. The number of anilines is 1. The Morgan fingerprint density at radius 1 is 1.48 bits per heavy atom. The Bertz CT molecular complexity index is 534. The molecule has 0 saturated carbocycles. The zero-order valence-corrected chi connectivity index (χ0v) is 12.8. The summed E-state index contributed by atoms with van der Waals surface area (Å²) >= 11 is 1.57. The topological polar surface area (TPSA) is 78.4 Å². The standard InChI is InChI=1S/C15H20N2O3S/c1-21-8-6-13(15(19)20)17-14(18)11-4-5-12-10(9-11)3-2-7-16-12/h4-5,9,13,16H,2-3,6-8H2,1H3,(H,17,18)(H,19,20). The summed E-state index contributed by atoms with van der Waals surface area (Å²) in [6.45, 7) is 0.953. The molecule has 6 heteroatoms. The number of hydrogen-bond acceptors (Lipinski definition) is 4. The van der Waals surface area contributed by atoms with Gasteiger partial charge in [0.05, 0.1) is 0 Å². The van der Waals surface area contributed by atoms with E-state index in [1.165, 1.54) is 0 Å². The van der Waals surface area contributed by atoms with Crippen LogP contribution in [0.2, 0.25) is 0 Å². The molecule has 1 amide bonds. The number of aliphatic carboxylic acids is 1. The molecule has 5 nitrogen and oxygen atoms in total. The number of amides is 1. The summed E-state index contributed by atoms with van der Waals surface area (Å²) in [5.74, 6) is -0.611. The van der Waals surface area contributed by atoms with E-state index in [-0.39, 0.29) is 5.91 Å². The smallest absolute Gasteiger partial charge is 0.326 e. The number of fused-ring (bicyclic) bond motifs is 1. The maximum atomic E-state index is 12.2. The van der Waals surface area contributed by atoms with Gasteiger partial charge in [0.1, 0.15) is 6.04 Å². The van der Waals surface area contributed by atoms with Crippen molar-refractivity contribution in [1.29, 1.82) is 0 Å². The molecular weight excluding hydrogens is 288 g/mol. The monoisotopic (exact) mass is 308 g/mol. The number of carboxylic acid groups (broad SMARTS) is 1. The minimum absolute atomic E-state index is 0.322. The van der Waals surface area contributed by atoms with E-state index in [0.717, 1.165) is 30.6 Å². The average Bonchev–Trinajstić information content (AvgIpc) is 2.50. The van der Waals surface area contributed by atoms with E-state index in [1.807, 2.05) is 18.4 Å². The molecule has 1 aromatic carbocycles. The second kappa shape index (κ2) is 7.36. The summed E-state index contributed by atoms with van der Waals surface area (Å²) in [5, 5.41) is 15.0. The quantitative estimate of drug-likeness (QED) is 0.749. The van der Waals surface area contributed by atoms with Crippen molar-refractivity contribution in [3.05, 3.63) is 29.3 Å². The molecule has 114 valence electrons. The van der Waals surface area contributed by atoms with Crippen LogP contribution in [0.4, 0.5) is 5.69 Å². The van der Waals surface area contributed by atoms with Crippen LogP contribution in [0.5, 0.6) is 0 Å². The highest BCUT2D eigenvalue weighted by molar-refractivity contribution is 7.98. The fourth-order valence-corrected chi connectivity index (χ4v) is 2.82. The van der Waals surface area contributed by atoms with Crippen molar-refractivity contribution in [3.63, 3.8) is 0 Å². The van der Waals surface area contributed by atoms with Crippen molar-refractivity contribution in [2.45, 2.75) is 25.3 Å². The highest BCUT2D eigenvalue weighted by Crippen LogP contribution is 2.22. The zero-order valence-electron chi connectivity index (χ0n) is 12.0. The van der Waals surface area contributed by atoms with Crippen molar-refractivity contribution >= 4 is 29.3 Å². The molecule has 1 aliphatic heterocycles. The highest BCUT2D eigenvalue weighted by atomic mass is 32.2. The van der Waals surface area contributed by atoms with Crippen LogP contribution < -0.4 is 10.6 Å². The third kappa shape index (κ3) is 4.14. The van der Waals surface area contributed by atoms with Crippen LogP contribution in [0, 0.1) is 0 Å². The average molecular weight is 308 g/mol. The van der Waals surface area contributed by atoms with Gasteiger partial charge in [-0.2, -0.15) is 11.8 Å². The first-order valence-electron chi connectivity index (χ1n) is 7.01. The van der Waals surface area contributed by atoms with Gasteiger partial charge < -0.3 is 15.7 Å². The van der Waals surface area contributed by atoms with Gasteiger partial charge in [0.2, 0.25) is 0 Å². The Morgan fingerprint density at radius 3 is 3.00 bits per heavy atom. The second-order valence-corrected chi connectivity index (χ2v) is 6.03. The van der Waals surface area contributed by atoms with Crippen LogP contribution in [-0.4, -0.2) is 41.6 Å². The number of carbonyl (C=O) groups is 2. The molecule has 1 heterocycles. The van der Waals surface area contributed by atoms with Gasteiger partial charge >= 0.3 is 5.97 Å². The summed E-state index contributed by atoms with van der Waals surface area (Å²) in [7, 11) is 0. The largest absolute Gasteiger partial charge is 0.480 e. The lowest BCUT2D eigenvalue weighted by Crippen LogP contribution is -2.41. The van der Waals surface area contributed by atoms with Gasteiger partial charge in [0.25, 0.3) is 5.91 Å². The van der Waals surface area contributed by atoms with E-state index < -0.39 is 12.0 Å². The van der Waals surface area contributed by atoms with Crippen LogP contribution in [0.25, 0.3) is 0 Å². The Kier molecular flexibility index (Phi) is 5.50. The van der Waals surface area contributed by atoms with E-state index in [4.69, 9.17) is 5.11 Å². The van der Waals surface area contributed by atoms with Crippen molar-refractivity contribution in [3.8, 4) is 0 Å². The normalized spacial score (nSPS) is 14.7. The van der Waals surface area contributed by atoms with Gasteiger partial charge in [-0.05, 0) is 55.0 Å². The first kappa shape index (κ1) is 15.7. The van der Waals surface area contributed by atoms with Gasteiger partial charge in [-0.15, -0.1) is 0 Å². The molecule has 0 spiro atoms. The molecule has 1 unspecified atom stereocenters. The van der Waals surface area contributed by atoms with Crippen LogP contribution in [0.1, 0.15) is 28.8 Å². The molecule has 1 aromatic rings. The van der Waals surface area contributed by atoms with Gasteiger partial charge in [0, 0.05) is 17.8 Å². The first-order valence-corrected chi connectivity index (χ1v) is 8.40. The zero-order chi connectivity index (χ0) is 15.2.